The van der Waals surface area contributed by atoms with Crippen LogP contribution in [0.4, 0.5) is 8.78 Å². The summed E-state index contributed by atoms with van der Waals surface area (Å²) in [5.41, 5.74) is 6.61. The molecule has 1 aliphatic rings. The lowest BCUT2D eigenvalue weighted by molar-refractivity contribution is -0.143. The number of carboxylic acids is 1. The lowest BCUT2D eigenvalue weighted by atomic mass is 9.86. The van der Waals surface area contributed by atoms with E-state index >= 15 is 0 Å². The summed E-state index contributed by atoms with van der Waals surface area (Å²) in [4.78, 5) is 43.3. The van der Waals surface area contributed by atoms with E-state index in [9.17, 15) is 28.3 Å². The summed E-state index contributed by atoms with van der Waals surface area (Å²) < 4.78 is 29.5. The third-order valence-corrected chi connectivity index (χ3v) is 7.34. The van der Waals surface area contributed by atoms with E-state index in [-0.39, 0.29) is 45.9 Å². The molecule has 13 heteroatoms. The van der Waals surface area contributed by atoms with E-state index in [4.69, 9.17) is 28.9 Å². The Kier molecular flexibility index (Phi) is 8.94. The Balaban J connectivity index is 1.66. The van der Waals surface area contributed by atoms with Crippen LogP contribution in [0.25, 0.3) is 0 Å². The Hall–Kier alpha value is -3.41. The average Bonchev–Trinajstić information content (AvgIpc) is 3.31. The van der Waals surface area contributed by atoms with Crippen LogP contribution in [0.5, 0.6) is 0 Å². The van der Waals surface area contributed by atoms with Gasteiger partial charge in [-0.3, -0.25) is 24.0 Å². The molecule has 39 heavy (non-hydrogen) atoms. The molecule has 4 rings (SSSR count). The fourth-order valence-corrected chi connectivity index (χ4v) is 5.45. The van der Waals surface area contributed by atoms with E-state index in [1.165, 1.54) is 18.6 Å². The number of carboxylic acid groups (broad SMARTS) is 1. The number of nitrogens with two attached hydrogens (primary N) is 1. The predicted molar refractivity (Wildman–Crippen MR) is 138 cm³/mol. The van der Waals surface area contributed by atoms with Gasteiger partial charge in [-0.1, -0.05) is 23.2 Å². The van der Waals surface area contributed by atoms with E-state index in [1.54, 1.807) is 4.68 Å². The van der Waals surface area contributed by atoms with E-state index in [0.29, 0.717) is 37.4 Å². The van der Waals surface area contributed by atoms with Crippen LogP contribution >= 0.6 is 23.2 Å². The first-order valence-corrected chi connectivity index (χ1v) is 12.9. The number of ketones is 1. The number of aromatic nitrogens is 3. The first-order valence-electron chi connectivity index (χ1n) is 12.1. The molecule has 1 fully saturated rings. The van der Waals surface area contributed by atoms with Crippen molar-refractivity contribution >= 4 is 40.9 Å². The molecule has 0 spiro atoms. The number of hydrogen-bond acceptors (Lipinski definition) is 6. The van der Waals surface area contributed by atoms with Crippen LogP contribution in [0.1, 0.15) is 63.7 Å². The van der Waals surface area contributed by atoms with Gasteiger partial charge < -0.3 is 15.7 Å². The first kappa shape index (κ1) is 28.6. The SMILES string of the molecule is NCc1c(C(=O)N(CC(=O)c2c(Cl)cncc2Cl)Cc2cc(F)cc(F)c2)cnn1[C@H]1CC[C@H](C(=O)O)CC1. The summed E-state index contributed by atoms with van der Waals surface area (Å²) in [5.74, 6) is -4.19. The van der Waals surface area contributed by atoms with Crippen LogP contribution in [0.15, 0.2) is 36.8 Å². The van der Waals surface area contributed by atoms with Gasteiger partial charge in [-0.15, -0.1) is 0 Å². The topological polar surface area (TPSA) is 131 Å². The third kappa shape index (κ3) is 6.43. The van der Waals surface area contributed by atoms with Gasteiger partial charge in [-0.25, -0.2) is 8.78 Å². The molecule has 0 saturated heterocycles. The number of rotatable bonds is 9. The van der Waals surface area contributed by atoms with Gasteiger partial charge in [0.1, 0.15) is 11.6 Å². The number of aliphatic carboxylic acids is 1. The Labute approximate surface area is 232 Å². The molecule has 2 heterocycles. The molecule has 1 aromatic carbocycles. The van der Waals surface area contributed by atoms with Crippen molar-refractivity contribution in [1.29, 1.82) is 0 Å². The number of halogens is 4. The molecule has 1 amide bonds. The van der Waals surface area contributed by atoms with E-state index in [1.807, 2.05) is 0 Å². The Morgan fingerprint density at radius 1 is 1.03 bits per heavy atom. The lowest BCUT2D eigenvalue weighted by Gasteiger charge is -2.28. The summed E-state index contributed by atoms with van der Waals surface area (Å²) in [5, 5.41) is 13.6. The van der Waals surface area contributed by atoms with Crippen LogP contribution in [0.2, 0.25) is 10.0 Å². The van der Waals surface area contributed by atoms with Crippen molar-refractivity contribution in [2.24, 2.45) is 11.7 Å². The summed E-state index contributed by atoms with van der Waals surface area (Å²) in [6, 6.07) is 2.68. The molecule has 0 unspecified atom stereocenters. The highest BCUT2D eigenvalue weighted by Gasteiger charge is 2.31. The van der Waals surface area contributed by atoms with Crippen molar-refractivity contribution < 1.29 is 28.3 Å². The molecule has 9 nitrogen and oxygen atoms in total. The van der Waals surface area contributed by atoms with Crippen molar-refractivity contribution in [3.8, 4) is 0 Å². The molecule has 0 radical (unpaired) electrons. The summed E-state index contributed by atoms with van der Waals surface area (Å²) in [7, 11) is 0. The third-order valence-electron chi connectivity index (χ3n) is 6.76. The quantitative estimate of drug-likeness (QED) is 0.352. The molecule has 0 aliphatic heterocycles. The van der Waals surface area contributed by atoms with Crippen LogP contribution in [0, 0.1) is 17.6 Å². The molecule has 3 N–H and O–H groups in total. The fourth-order valence-electron chi connectivity index (χ4n) is 4.87. The maximum atomic E-state index is 13.9. The zero-order valence-corrected chi connectivity index (χ0v) is 22.1. The number of hydrogen-bond donors (Lipinski definition) is 2. The van der Waals surface area contributed by atoms with E-state index in [0.717, 1.165) is 17.0 Å². The molecule has 1 saturated carbocycles. The minimum Gasteiger partial charge on any atom is -0.481 e. The van der Waals surface area contributed by atoms with Crippen LogP contribution in [-0.4, -0.2) is 49.0 Å². The van der Waals surface area contributed by atoms with Gasteiger partial charge in [0.15, 0.2) is 5.78 Å². The van der Waals surface area contributed by atoms with Crippen LogP contribution in [0.3, 0.4) is 0 Å². The van der Waals surface area contributed by atoms with Crippen molar-refractivity contribution in [3.05, 3.63) is 80.9 Å². The summed E-state index contributed by atoms with van der Waals surface area (Å²) in [6.45, 7) is -0.879. The van der Waals surface area contributed by atoms with Gasteiger partial charge in [-0.2, -0.15) is 5.10 Å². The normalized spacial score (nSPS) is 17.2. The molecule has 2 aromatic heterocycles. The highest BCUT2D eigenvalue weighted by molar-refractivity contribution is 6.39. The van der Waals surface area contributed by atoms with E-state index in [2.05, 4.69) is 10.1 Å². The zero-order chi connectivity index (χ0) is 28.3. The summed E-state index contributed by atoms with van der Waals surface area (Å²) in [6.07, 6.45) is 5.84. The molecular formula is C26H25Cl2F2N5O4. The number of pyridine rings is 1. The highest BCUT2D eigenvalue weighted by atomic mass is 35.5. The van der Waals surface area contributed by atoms with Crippen molar-refractivity contribution in [3.63, 3.8) is 0 Å². The first-order chi connectivity index (χ1) is 18.6. The van der Waals surface area contributed by atoms with Gasteiger partial charge in [0, 0.05) is 31.5 Å². The second-order valence-corrected chi connectivity index (χ2v) is 10.2. The predicted octanol–water partition coefficient (Wildman–Crippen LogP) is 4.66. The molecule has 206 valence electrons. The number of Topliss-reactive ketones (excluding diaryl/α,β-unsaturated/α-hetero) is 1. The van der Waals surface area contributed by atoms with Crippen molar-refractivity contribution in [2.75, 3.05) is 6.54 Å². The average molecular weight is 580 g/mol. The van der Waals surface area contributed by atoms with Crippen LogP contribution < -0.4 is 5.73 Å². The molecular weight excluding hydrogens is 555 g/mol. The lowest BCUT2D eigenvalue weighted by Crippen LogP contribution is -2.36. The molecule has 0 atom stereocenters. The zero-order valence-electron chi connectivity index (χ0n) is 20.6. The largest absolute Gasteiger partial charge is 0.481 e. The molecule has 0 bridgehead atoms. The number of carbonyl (C=O) groups is 3. The molecule has 1 aliphatic carbocycles. The standard InChI is InChI=1S/C26H25Cl2F2N5O4/c27-20-10-32-11-21(28)24(20)23(36)13-34(12-14-5-16(29)7-17(30)6-14)25(37)19-9-33-35(22(19)8-31)18-3-1-15(2-4-18)26(38)39/h5-7,9-11,15,18H,1-4,8,12-13,31H2,(H,38,39)/t15-,18-. The van der Waals surface area contributed by atoms with E-state index < -0.39 is 41.8 Å². The monoisotopic (exact) mass is 579 g/mol. The smallest absolute Gasteiger partial charge is 0.306 e. The van der Waals surface area contributed by atoms with Crippen molar-refractivity contribution in [2.45, 2.75) is 44.8 Å². The second-order valence-electron chi connectivity index (χ2n) is 9.34. The fraction of sp³-hybridized carbons (Fsp3) is 0.346. The minimum absolute atomic E-state index is 0.0101. The second kappa shape index (κ2) is 12.2. The summed E-state index contributed by atoms with van der Waals surface area (Å²) >= 11 is 12.3. The maximum Gasteiger partial charge on any atom is 0.306 e. The van der Waals surface area contributed by atoms with Gasteiger partial charge >= 0.3 is 5.97 Å². The number of benzene rings is 1. The molecule has 3 aromatic rings. The number of carbonyl (C=O) groups excluding carboxylic acids is 2. The van der Waals surface area contributed by atoms with Crippen molar-refractivity contribution in [1.82, 2.24) is 19.7 Å². The van der Waals surface area contributed by atoms with Gasteiger partial charge in [0.25, 0.3) is 5.91 Å². The van der Waals surface area contributed by atoms with Gasteiger partial charge in [0.05, 0.1) is 51.6 Å². The number of nitrogens with zero attached hydrogens (tertiary/aromatic N) is 4. The maximum absolute atomic E-state index is 13.9. The van der Waals surface area contributed by atoms with Crippen LogP contribution in [-0.2, 0) is 17.9 Å². The number of amides is 1. The highest BCUT2D eigenvalue weighted by Crippen LogP contribution is 2.33. The Bertz CT molecular complexity index is 1370. The van der Waals surface area contributed by atoms with Gasteiger partial charge in [0.2, 0.25) is 0 Å². The Morgan fingerprint density at radius 3 is 2.21 bits per heavy atom. The minimum atomic E-state index is -0.840. The Morgan fingerprint density at radius 2 is 1.64 bits per heavy atom. The van der Waals surface area contributed by atoms with Gasteiger partial charge in [-0.05, 0) is 43.4 Å².